The van der Waals surface area contributed by atoms with E-state index in [2.05, 4.69) is 38.8 Å². The largest absolute Gasteiger partial charge is 0.444 e. The molecule has 0 bridgehead atoms. The van der Waals surface area contributed by atoms with Crippen molar-refractivity contribution in [3.05, 3.63) is 43.7 Å². The van der Waals surface area contributed by atoms with Crippen molar-refractivity contribution in [1.82, 2.24) is 15.1 Å². The Bertz CT molecular complexity index is 1050. The van der Waals surface area contributed by atoms with Crippen molar-refractivity contribution in [2.24, 2.45) is 0 Å². The highest BCUT2D eigenvalue weighted by Crippen LogP contribution is 2.33. The second-order valence-corrected chi connectivity index (χ2v) is 7.62. The summed E-state index contributed by atoms with van der Waals surface area (Å²) in [5.41, 5.74) is 1.59. The van der Waals surface area contributed by atoms with Crippen LogP contribution in [0.15, 0.2) is 20.7 Å². The summed E-state index contributed by atoms with van der Waals surface area (Å²) in [5, 5.41) is 12.3. The molecule has 0 saturated heterocycles. The van der Waals surface area contributed by atoms with Crippen LogP contribution in [0.1, 0.15) is 34.9 Å². The monoisotopic (exact) mass is 372 g/mol. The average molecular weight is 372 g/mol. The van der Waals surface area contributed by atoms with E-state index in [1.807, 2.05) is 0 Å². The van der Waals surface area contributed by atoms with Crippen LogP contribution in [0.2, 0.25) is 0 Å². The van der Waals surface area contributed by atoms with Crippen molar-refractivity contribution in [2.45, 2.75) is 33.2 Å². The molecule has 1 amide bonds. The van der Waals surface area contributed by atoms with Crippen LogP contribution >= 0.6 is 11.3 Å². The summed E-state index contributed by atoms with van der Waals surface area (Å²) in [7, 11) is 0. The molecule has 2 N–H and O–H groups in total. The molecule has 0 radical (unpaired) electrons. The minimum absolute atomic E-state index is 0.190. The molecule has 0 saturated carbocycles. The average Bonchev–Trinajstić information content (AvgIpc) is 3.19. The summed E-state index contributed by atoms with van der Waals surface area (Å²) < 4.78 is 5.65. The highest BCUT2D eigenvalue weighted by atomic mass is 32.1. The lowest BCUT2D eigenvalue weighted by Crippen LogP contribution is -2.39. The number of hydrogen-bond acceptors (Lipinski definition) is 6. The van der Waals surface area contributed by atoms with E-state index in [1.165, 1.54) is 10.4 Å². The number of fused-ring (bicyclic) bond motifs is 2. The second-order valence-electron chi connectivity index (χ2n) is 6.62. The third kappa shape index (κ3) is 2.75. The minimum Gasteiger partial charge on any atom is -0.444 e. The quantitative estimate of drug-likeness (QED) is 0.738. The number of rotatable bonds is 3. The number of furan rings is 1. The van der Waals surface area contributed by atoms with Gasteiger partial charge in [-0.05, 0) is 44.2 Å². The standard InChI is InChI=1S/C18H20N4O3S/c1-9-15-11(3)25-18(16(15)17(24)21-20-9)19-14(23)8-22-6-4-13-12(10(22)2)5-7-26-13/h5,7,10H,4,6,8H2,1-3H3,(H,19,23)(H,21,24)/t10-/m1/s1. The van der Waals surface area contributed by atoms with Gasteiger partial charge in [0.2, 0.25) is 11.8 Å². The van der Waals surface area contributed by atoms with Gasteiger partial charge >= 0.3 is 0 Å². The summed E-state index contributed by atoms with van der Waals surface area (Å²) >= 11 is 1.77. The van der Waals surface area contributed by atoms with Gasteiger partial charge in [0.25, 0.3) is 5.56 Å². The number of carbonyl (C=O) groups excluding carboxylic acids is 1. The molecule has 0 aliphatic carbocycles. The van der Waals surface area contributed by atoms with E-state index in [0.717, 1.165) is 13.0 Å². The number of nitrogens with one attached hydrogen (secondary N) is 2. The molecule has 1 aliphatic heterocycles. The van der Waals surface area contributed by atoms with Gasteiger partial charge in [0, 0.05) is 17.5 Å². The molecular weight excluding hydrogens is 352 g/mol. The number of carbonyl (C=O) groups is 1. The maximum absolute atomic E-state index is 12.6. The van der Waals surface area contributed by atoms with E-state index < -0.39 is 0 Å². The summed E-state index contributed by atoms with van der Waals surface area (Å²) in [4.78, 5) is 28.3. The number of H-pyrrole nitrogens is 1. The molecule has 136 valence electrons. The number of nitrogens with zero attached hydrogens (tertiary/aromatic N) is 2. The zero-order chi connectivity index (χ0) is 18.4. The molecule has 0 spiro atoms. The van der Waals surface area contributed by atoms with Gasteiger partial charge in [-0.3, -0.25) is 19.8 Å². The van der Waals surface area contributed by atoms with Crippen LogP contribution < -0.4 is 10.9 Å². The van der Waals surface area contributed by atoms with E-state index in [-0.39, 0.29) is 29.9 Å². The Kier molecular flexibility index (Phi) is 4.16. The van der Waals surface area contributed by atoms with Crippen LogP contribution in [0.4, 0.5) is 5.88 Å². The first-order chi connectivity index (χ1) is 12.5. The van der Waals surface area contributed by atoms with Crippen LogP contribution in [0.3, 0.4) is 0 Å². The van der Waals surface area contributed by atoms with Crippen LogP contribution in [-0.2, 0) is 11.2 Å². The van der Waals surface area contributed by atoms with Crippen LogP contribution in [0.5, 0.6) is 0 Å². The van der Waals surface area contributed by atoms with E-state index in [4.69, 9.17) is 4.42 Å². The highest BCUT2D eigenvalue weighted by Gasteiger charge is 2.27. The fourth-order valence-electron chi connectivity index (χ4n) is 3.66. The fourth-order valence-corrected chi connectivity index (χ4v) is 4.62. The lowest BCUT2D eigenvalue weighted by atomic mass is 10.0. The van der Waals surface area contributed by atoms with Crippen molar-refractivity contribution in [1.29, 1.82) is 0 Å². The Morgan fingerprint density at radius 3 is 3.08 bits per heavy atom. The zero-order valence-corrected chi connectivity index (χ0v) is 15.7. The third-order valence-electron chi connectivity index (χ3n) is 5.00. The first-order valence-corrected chi connectivity index (χ1v) is 9.42. The number of anilines is 1. The Hall–Kier alpha value is -2.45. The van der Waals surface area contributed by atoms with Gasteiger partial charge in [-0.25, -0.2) is 5.10 Å². The van der Waals surface area contributed by atoms with Gasteiger partial charge in [-0.1, -0.05) is 0 Å². The molecule has 3 aromatic heterocycles. The number of thiophene rings is 1. The normalized spacial score (nSPS) is 17.4. The molecule has 3 aromatic rings. The van der Waals surface area contributed by atoms with Gasteiger partial charge in [-0.15, -0.1) is 11.3 Å². The predicted octanol–water partition coefficient (Wildman–Crippen LogP) is 2.75. The summed E-state index contributed by atoms with van der Waals surface area (Å²) in [5.74, 6) is 0.566. The summed E-state index contributed by atoms with van der Waals surface area (Å²) in [6.45, 7) is 6.75. The van der Waals surface area contributed by atoms with Crippen molar-refractivity contribution < 1.29 is 9.21 Å². The Morgan fingerprint density at radius 1 is 1.46 bits per heavy atom. The third-order valence-corrected chi connectivity index (χ3v) is 6.00. The number of hydrogen-bond donors (Lipinski definition) is 2. The number of aryl methyl sites for hydroxylation is 2. The maximum atomic E-state index is 12.6. The lowest BCUT2D eigenvalue weighted by molar-refractivity contribution is -0.118. The number of aromatic nitrogens is 2. The molecule has 4 heterocycles. The summed E-state index contributed by atoms with van der Waals surface area (Å²) in [6, 6.07) is 2.33. The maximum Gasteiger partial charge on any atom is 0.277 e. The molecule has 26 heavy (non-hydrogen) atoms. The summed E-state index contributed by atoms with van der Waals surface area (Å²) in [6.07, 6.45) is 0.956. The molecule has 0 aromatic carbocycles. The van der Waals surface area contributed by atoms with Gasteiger partial charge < -0.3 is 4.42 Å². The molecule has 8 heteroatoms. The molecule has 0 fully saturated rings. The van der Waals surface area contributed by atoms with Crippen molar-refractivity contribution >= 4 is 33.9 Å². The lowest BCUT2D eigenvalue weighted by Gasteiger charge is -2.32. The van der Waals surface area contributed by atoms with Crippen LogP contribution in [0.25, 0.3) is 10.8 Å². The highest BCUT2D eigenvalue weighted by molar-refractivity contribution is 7.10. The van der Waals surface area contributed by atoms with E-state index in [0.29, 0.717) is 22.2 Å². The van der Waals surface area contributed by atoms with Crippen molar-refractivity contribution in [2.75, 3.05) is 18.4 Å². The first-order valence-electron chi connectivity index (χ1n) is 8.54. The molecule has 4 rings (SSSR count). The molecular formula is C18H20N4O3S. The topological polar surface area (TPSA) is 91.2 Å². The first kappa shape index (κ1) is 17.0. The molecule has 7 nitrogen and oxygen atoms in total. The SMILES string of the molecule is Cc1n[nH]c(=O)c2c(NC(=O)CN3CCc4sccc4[C@H]3C)oc(C)c12. The van der Waals surface area contributed by atoms with Gasteiger partial charge in [0.15, 0.2) is 0 Å². The number of amides is 1. The molecule has 1 aliphatic rings. The molecule has 1 atom stereocenters. The number of aromatic amines is 1. The van der Waals surface area contributed by atoms with E-state index >= 15 is 0 Å². The Balaban J connectivity index is 1.56. The fraction of sp³-hybridized carbons (Fsp3) is 0.389. The van der Waals surface area contributed by atoms with E-state index in [1.54, 1.807) is 25.2 Å². The van der Waals surface area contributed by atoms with Gasteiger partial charge in [0.05, 0.1) is 17.6 Å². The van der Waals surface area contributed by atoms with E-state index in [9.17, 15) is 9.59 Å². The Labute approximate surface area is 154 Å². The van der Waals surface area contributed by atoms with Crippen molar-refractivity contribution in [3.63, 3.8) is 0 Å². The van der Waals surface area contributed by atoms with Crippen LogP contribution in [-0.4, -0.2) is 34.1 Å². The predicted molar refractivity (Wildman–Crippen MR) is 101 cm³/mol. The van der Waals surface area contributed by atoms with Crippen LogP contribution in [0, 0.1) is 13.8 Å². The Morgan fingerprint density at radius 2 is 2.27 bits per heavy atom. The smallest absolute Gasteiger partial charge is 0.277 e. The van der Waals surface area contributed by atoms with Gasteiger partial charge in [-0.2, -0.15) is 5.10 Å². The second kappa shape index (κ2) is 6.37. The molecule has 0 unspecified atom stereocenters. The van der Waals surface area contributed by atoms with Gasteiger partial charge in [0.1, 0.15) is 11.1 Å². The zero-order valence-electron chi connectivity index (χ0n) is 14.9. The van der Waals surface area contributed by atoms with Crippen molar-refractivity contribution in [3.8, 4) is 0 Å². The minimum atomic E-state index is -0.369.